The Balaban J connectivity index is 2.39. The molecule has 0 saturated heterocycles. The highest BCUT2D eigenvalue weighted by molar-refractivity contribution is 7.99. The number of aromatic amines is 1. The molecule has 2 heterocycles. The van der Waals surface area contributed by atoms with Gasteiger partial charge in [0.1, 0.15) is 0 Å². The second kappa shape index (κ2) is 2.06. The van der Waals surface area contributed by atoms with Crippen molar-refractivity contribution in [2.24, 2.45) is 0 Å². The number of rotatable bonds is 0. The lowest BCUT2D eigenvalue weighted by Gasteiger charge is -2.07. The summed E-state index contributed by atoms with van der Waals surface area (Å²) in [5, 5.41) is 6.94. The van der Waals surface area contributed by atoms with Crippen molar-refractivity contribution in [3.63, 3.8) is 0 Å². The Bertz CT molecular complexity index is 186. The molecular weight excluding hydrogens is 132 g/mol. The molecule has 9 heavy (non-hydrogen) atoms. The van der Waals surface area contributed by atoms with Gasteiger partial charge in [-0.15, -0.1) is 11.8 Å². The van der Waals surface area contributed by atoms with E-state index in [1.54, 1.807) is 0 Å². The van der Waals surface area contributed by atoms with Crippen molar-refractivity contribution in [2.45, 2.75) is 17.7 Å². The van der Waals surface area contributed by atoms with E-state index in [2.05, 4.69) is 10.2 Å². The monoisotopic (exact) mass is 140 g/mol. The van der Waals surface area contributed by atoms with Gasteiger partial charge in [-0.1, -0.05) is 0 Å². The molecule has 0 fully saturated rings. The molecule has 1 N–H and O–H groups in total. The number of nitrogens with one attached hydrogen (secondary N) is 1. The second-order valence-electron chi connectivity index (χ2n) is 2.16. The van der Waals surface area contributed by atoms with E-state index in [0.717, 1.165) is 0 Å². The third-order valence-corrected chi connectivity index (χ3v) is 2.66. The normalized spacial score (nSPS) is 17.3. The SMILES string of the molecule is c1n[nH]c2c1SCCC2. The fraction of sp³-hybridized carbons (Fsp3) is 0.500. The number of aromatic nitrogens is 2. The molecule has 48 valence electrons. The van der Waals surface area contributed by atoms with Crippen molar-refractivity contribution in [1.29, 1.82) is 0 Å². The highest BCUT2D eigenvalue weighted by Crippen LogP contribution is 2.27. The summed E-state index contributed by atoms with van der Waals surface area (Å²) < 4.78 is 0. The molecule has 1 aliphatic heterocycles. The predicted octanol–water partition coefficient (Wildman–Crippen LogP) is 1.45. The van der Waals surface area contributed by atoms with Crippen LogP contribution in [0.4, 0.5) is 0 Å². The Morgan fingerprint density at radius 3 is 3.56 bits per heavy atom. The quantitative estimate of drug-likeness (QED) is 0.591. The van der Waals surface area contributed by atoms with Gasteiger partial charge in [0.25, 0.3) is 0 Å². The summed E-state index contributed by atoms with van der Waals surface area (Å²) in [7, 11) is 0. The number of aryl methyl sites for hydroxylation is 1. The van der Waals surface area contributed by atoms with E-state index in [0.29, 0.717) is 0 Å². The summed E-state index contributed by atoms with van der Waals surface area (Å²) in [6.45, 7) is 0. The molecule has 0 bridgehead atoms. The summed E-state index contributed by atoms with van der Waals surface area (Å²) in [6.07, 6.45) is 4.39. The van der Waals surface area contributed by atoms with Gasteiger partial charge in [0, 0.05) is 10.6 Å². The largest absolute Gasteiger partial charge is 0.281 e. The van der Waals surface area contributed by atoms with E-state index in [9.17, 15) is 0 Å². The zero-order valence-corrected chi connectivity index (χ0v) is 5.87. The van der Waals surface area contributed by atoms with Gasteiger partial charge in [-0.3, -0.25) is 5.10 Å². The van der Waals surface area contributed by atoms with E-state index in [4.69, 9.17) is 0 Å². The molecule has 0 aliphatic carbocycles. The highest BCUT2D eigenvalue weighted by atomic mass is 32.2. The van der Waals surface area contributed by atoms with E-state index in [-0.39, 0.29) is 0 Å². The second-order valence-corrected chi connectivity index (χ2v) is 3.30. The average Bonchev–Trinajstić information content (AvgIpc) is 2.33. The number of hydrogen-bond donors (Lipinski definition) is 1. The lowest BCUT2D eigenvalue weighted by molar-refractivity contribution is 0.846. The number of thioether (sulfide) groups is 1. The Labute approximate surface area is 58.0 Å². The minimum atomic E-state index is 1.18. The summed E-state index contributed by atoms with van der Waals surface area (Å²) in [6, 6.07) is 0. The Morgan fingerprint density at radius 1 is 1.67 bits per heavy atom. The first-order valence-electron chi connectivity index (χ1n) is 3.12. The molecule has 0 saturated carbocycles. The zero-order valence-electron chi connectivity index (χ0n) is 5.05. The Morgan fingerprint density at radius 2 is 2.67 bits per heavy atom. The van der Waals surface area contributed by atoms with E-state index < -0.39 is 0 Å². The first kappa shape index (κ1) is 5.35. The van der Waals surface area contributed by atoms with Crippen LogP contribution in [-0.4, -0.2) is 16.0 Å². The molecule has 2 rings (SSSR count). The lowest BCUT2D eigenvalue weighted by Crippen LogP contribution is -1.95. The summed E-state index contributed by atoms with van der Waals surface area (Å²) in [4.78, 5) is 1.35. The number of nitrogens with zero attached hydrogens (tertiary/aromatic N) is 1. The maximum Gasteiger partial charge on any atom is 0.0626 e. The standard InChI is InChI=1S/C6H8N2S/c1-2-5-6(9-3-1)4-7-8-5/h4H,1-3H2,(H,7,8). The molecule has 2 nitrogen and oxygen atoms in total. The molecule has 0 amide bonds. The summed E-state index contributed by atoms with van der Waals surface area (Å²) in [5.74, 6) is 1.26. The van der Waals surface area contributed by atoms with E-state index >= 15 is 0 Å². The minimum Gasteiger partial charge on any atom is -0.281 e. The van der Waals surface area contributed by atoms with Gasteiger partial charge in [0.05, 0.1) is 6.20 Å². The molecule has 3 heteroatoms. The molecule has 0 spiro atoms. The van der Waals surface area contributed by atoms with Gasteiger partial charge >= 0.3 is 0 Å². The number of H-pyrrole nitrogens is 1. The topological polar surface area (TPSA) is 28.7 Å². The van der Waals surface area contributed by atoms with Crippen molar-refractivity contribution in [3.05, 3.63) is 11.9 Å². The maximum absolute atomic E-state index is 3.96. The van der Waals surface area contributed by atoms with Gasteiger partial charge in [0.15, 0.2) is 0 Å². The van der Waals surface area contributed by atoms with Crippen molar-refractivity contribution < 1.29 is 0 Å². The third kappa shape index (κ3) is 0.852. The fourth-order valence-corrected chi connectivity index (χ4v) is 1.99. The Hall–Kier alpha value is -0.440. The third-order valence-electron chi connectivity index (χ3n) is 1.51. The van der Waals surface area contributed by atoms with Gasteiger partial charge in [-0.25, -0.2) is 0 Å². The number of hydrogen-bond acceptors (Lipinski definition) is 2. The first-order chi connectivity index (χ1) is 4.47. The minimum absolute atomic E-state index is 1.18. The number of fused-ring (bicyclic) bond motifs is 1. The molecule has 0 unspecified atom stereocenters. The predicted molar refractivity (Wildman–Crippen MR) is 37.6 cm³/mol. The van der Waals surface area contributed by atoms with Crippen molar-refractivity contribution in [1.82, 2.24) is 10.2 Å². The smallest absolute Gasteiger partial charge is 0.0626 e. The van der Waals surface area contributed by atoms with Gasteiger partial charge in [-0.2, -0.15) is 5.10 Å². The maximum atomic E-state index is 3.96. The van der Waals surface area contributed by atoms with Gasteiger partial charge in [-0.05, 0) is 18.6 Å². The molecule has 0 aromatic carbocycles. The molecule has 1 aromatic rings. The molecule has 1 aliphatic rings. The summed E-state index contributed by atoms with van der Waals surface area (Å²) in [5.41, 5.74) is 1.33. The molecule has 1 aromatic heterocycles. The van der Waals surface area contributed by atoms with Crippen LogP contribution >= 0.6 is 11.8 Å². The average molecular weight is 140 g/mol. The van der Waals surface area contributed by atoms with Crippen molar-refractivity contribution in [2.75, 3.05) is 5.75 Å². The van der Waals surface area contributed by atoms with Crippen LogP contribution < -0.4 is 0 Å². The molecule has 0 radical (unpaired) electrons. The highest BCUT2D eigenvalue weighted by Gasteiger charge is 2.09. The zero-order chi connectivity index (χ0) is 6.10. The van der Waals surface area contributed by atoms with Crippen LogP contribution in [0.5, 0.6) is 0 Å². The van der Waals surface area contributed by atoms with Crippen LogP contribution in [0.25, 0.3) is 0 Å². The molecular formula is C6H8N2S. The van der Waals surface area contributed by atoms with E-state index in [1.807, 2.05) is 18.0 Å². The summed E-state index contributed by atoms with van der Waals surface area (Å²) >= 11 is 1.90. The van der Waals surface area contributed by atoms with Gasteiger partial charge in [0.2, 0.25) is 0 Å². The Kier molecular flexibility index (Phi) is 1.23. The van der Waals surface area contributed by atoms with Crippen LogP contribution in [0.3, 0.4) is 0 Å². The van der Waals surface area contributed by atoms with Gasteiger partial charge < -0.3 is 0 Å². The lowest BCUT2D eigenvalue weighted by atomic mass is 10.2. The van der Waals surface area contributed by atoms with Crippen LogP contribution in [0.15, 0.2) is 11.1 Å². The van der Waals surface area contributed by atoms with Crippen molar-refractivity contribution in [3.8, 4) is 0 Å². The van der Waals surface area contributed by atoms with Crippen LogP contribution in [0, 0.1) is 0 Å². The molecule has 0 atom stereocenters. The fourth-order valence-electron chi connectivity index (χ4n) is 1.04. The van der Waals surface area contributed by atoms with Crippen molar-refractivity contribution >= 4 is 11.8 Å². The van der Waals surface area contributed by atoms with E-state index in [1.165, 1.54) is 29.2 Å². The van der Waals surface area contributed by atoms with Crippen LogP contribution in [-0.2, 0) is 6.42 Å². The first-order valence-corrected chi connectivity index (χ1v) is 4.10. The van der Waals surface area contributed by atoms with Crippen LogP contribution in [0.1, 0.15) is 12.1 Å². The van der Waals surface area contributed by atoms with Crippen LogP contribution in [0.2, 0.25) is 0 Å².